The lowest BCUT2D eigenvalue weighted by Gasteiger charge is -2.57. The Morgan fingerprint density at radius 1 is 1.39 bits per heavy atom. The van der Waals surface area contributed by atoms with Crippen molar-refractivity contribution in [2.75, 3.05) is 13.1 Å². The normalized spacial score (nSPS) is 39.7. The van der Waals surface area contributed by atoms with Gasteiger partial charge in [-0.25, -0.2) is 0 Å². The van der Waals surface area contributed by atoms with Crippen LogP contribution in [-0.4, -0.2) is 46.5 Å². The van der Waals surface area contributed by atoms with Gasteiger partial charge in [-0.2, -0.15) is 0 Å². The number of hydrogen-bond acceptors (Lipinski definition) is 4. The molecule has 2 aliphatic carbocycles. The molecule has 2 N–H and O–H groups in total. The molecular formula is C19H21NO3. The lowest BCUT2D eigenvalue weighted by molar-refractivity contribution is -0.0488. The average molecular weight is 311 g/mol. The SMILES string of the molecule is C=CCN1CC[C@@]23c4c5ccc(O)c4OC2[C@H](O)C=CC3C1C5. The van der Waals surface area contributed by atoms with E-state index in [1.807, 2.05) is 18.2 Å². The summed E-state index contributed by atoms with van der Waals surface area (Å²) in [4.78, 5) is 2.50. The fourth-order valence-corrected chi connectivity index (χ4v) is 5.52. The molecule has 0 radical (unpaired) electrons. The van der Waals surface area contributed by atoms with Crippen molar-refractivity contribution in [3.05, 3.63) is 48.1 Å². The van der Waals surface area contributed by atoms with Crippen molar-refractivity contribution in [3.63, 3.8) is 0 Å². The first-order valence-corrected chi connectivity index (χ1v) is 8.40. The van der Waals surface area contributed by atoms with Crippen LogP contribution in [0.3, 0.4) is 0 Å². The molecule has 1 fully saturated rings. The van der Waals surface area contributed by atoms with E-state index in [4.69, 9.17) is 4.74 Å². The number of phenols is 1. The van der Waals surface area contributed by atoms with E-state index in [1.165, 1.54) is 5.56 Å². The highest BCUT2D eigenvalue weighted by Crippen LogP contribution is 2.62. The molecule has 120 valence electrons. The molecule has 1 aromatic carbocycles. The van der Waals surface area contributed by atoms with Crippen molar-refractivity contribution in [2.45, 2.75) is 36.5 Å². The van der Waals surface area contributed by atoms with Gasteiger partial charge in [0.1, 0.15) is 12.2 Å². The van der Waals surface area contributed by atoms with Crippen molar-refractivity contribution < 1.29 is 14.9 Å². The van der Waals surface area contributed by atoms with Crippen LogP contribution in [0.25, 0.3) is 0 Å². The van der Waals surface area contributed by atoms with Gasteiger partial charge in [-0.1, -0.05) is 24.3 Å². The van der Waals surface area contributed by atoms with Crippen LogP contribution in [-0.2, 0) is 11.8 Å². The molecule has 1 aromatic rings. The van der Waals surface area contributed by atoms with Crippen LogP contribution in [0.4, 0.5) is 0 Å². The summed E-state index contributed by atoms with van der Waals surface area (Å²) in [6.45, 7) is 5.76. The molecule has 2 aliphatic heterocycles. The number of aliphatic hydroxyl groups excluding tert-OH is 1. The molecule has 5 rings (SSSR count). The van der Waals surface area contributed by atoms with Crippen molar-refractivity contribution >= 4 is 0 Å². The van der Waals surface area contributed by atoms with Crippen LogP contribution in [0.2, 0.25) is 0 Å². The van der Waals surface area contributed by atoms with Gasteiger partial charge in [0.2, 0.25) is 0 Å². The van der Waals surface area contributed by atoms with Crippen molar-refractivity contribution in [1.82, 2.24) is 4.90 Å². The molecule has 4 heteroatoms. The minimum absolute atomic E-state index is 0.196. The fraction of sp³-hybridized carbons (Fsp3) is 0.474. The second-order valence-corrected chi connectivity index (χ2v) is 7.23. The molecule has 4 nitrogen and oxygen atoms in total. The monoisotopic (exact) mass is 311 g/mol. The number of ether oxygens (including phenoxy) is 1. The van der Waals surface area contributed by atoms with Gasteiger partial charge in [0.15, 0.2) is 11.5 Å². The summed E-state index contributed by atoms with van der Waals surface area (Å²) in [5.74, 6) is 1.13. The maximum absolute atomic E-state index is 10.5. The van der Waals surface area contributed by atoms with Gasteiger partial charge in [-0.05, 0) is 31.0 Å². The first kappa shape index (κ1) is 13.6. The van der Waals surface area contributed by atoms with Gasteiger partial charge in [-0.15, -0.1) is 6.58 Å². The summed E-state index contributed by atoms with van der Waals surface area (Å²) >= 11 is 0. The second-order valence-electron chi connectivity index (χ2n) is 7.23. The van der Waals surface area contributed by atoms with Crippen LogP contribution < -0.4 is 4.74 Å². The van der Waals surface area contributed by atoms with Gasteiger partial charge >= 0.3 is 0 Å². The van der Waals surface area contributed by atoms with Crippen LogP contribution in [0.5, 0.6) is 11.5 Å². The number of phenolic OH excluding ortho intramolecular Hbond substituents is 1. The highest BCUT2D eigenvalue weighted by atomic mass is 16.5. The quantitative estimate of drug-likeness (QED) is 0.817. The van der Waals surface area contributed by atoms with E-state index in [2.05, 4.69) is 17.6 Å². The number of benzene rings is 1. The summed E-state index contributed by atoms with van der Waals surface area (Å²) in [6, 6.07) is 4.17. The van der Waals surface area contributed by atoms with Crippen molar-refractivity contribution in [2.24, 2.45) is 5.92 Å². The van der Waals surface area contributed by atoms with Crippen LogP contribution in [0.1, 0.15) is 17.5 Å². The molecule has 2 bridgehead atoms. The molecule has 4 aliphatic rings. The Morgan fingerprint density at radius 2 is 2.26 bits per heavy atom. The highest BCUT2D eigenvalue weighted by Gasteiger charge is 2.64. The van der Waals surface area contributed by atoms with E-state index >= 15 is 0 Å². The number of aliphatic hydroxyl groups is 1. The number of likely N-dealkylation sites (tertiary alicyclic amines) is 1. The fourth-order valence-electron chi connectivity index (χ4n) is 5.52. The largest absolute Gasteiger partial charge is 0.504 e. The third-order valence-corrected chi connectivity index (χ3v) is 6.35. The lowest BCUT2D eigenvalue weighted by Crippen LogP contribution is -2.65. The summed E-state index contributed by atoms with van der Waals surface area (Å²) in [7, 11) is 0. The van der Waals surface area contributed by atoms with Gasteiger partial charge in [0.05, 0.1) is 0 Å². The summed E-state index contributed by atoms with van der Waals surface area (Å²) < 4.78 is 6.13. The van der Waals surface area contributed by atoms with Crippen molar-refractivity contribution in [3.8, 4) is 11.5 Å². The lowest BCUT2D eigenvalue weighted by atomic mass is 9.53. The number of aromatic hydroxyl groups is 1. The minimum Gasteiger partial charge on any atom is -0.504 e. The summed E-state index contributed by atoms with van der Waals surface area (Å²) in [5.41, 5.74) is 2.22. The maximum Gasteiger partial charge on any atom is 0.165 e. The molecule has 0 aromatic heterocycles. The molecule has 23 heavy (non-hydrogen) atoms. The molecule has 0 saturated carbocycles. The van der Waals surface area contributed by atoms with Gasteiger partial charge in [0.25, 0.3) is 0 Å². The average Bonchev–Trinajstić information content (AvgIpc) is 2.89. The first-order valence-electron chi connectivity index (χ1n) is 8.40. The Bertz CT molecular complexity index is 728. The van der Waals surface area contributed by atoms with Gasteiger partial charge in [-0.3, -0.25) is 4.90 Å². The smallest absolute Gasteiger partial charge is 0.165 e. The molecule has 3 unspecified atom stereocenters. The predicted octanol–water partition coefficient (Wildman–Crippen LogP) is 1.75. The third kappa shape index (κ3) is 1.49. The molecule has 1 spiro atoms. The Morgan fingerprint density at radius 3 is 3.09 bits per heavy atom. The molecule has 0 amide bonds. The first-order chi connectivity index (χ1) is 11.2. The number of piperidine rings is 1. The zero-order valence-corrected chi connectivity index (χ0v) is 13.0. The summed E-state index contributed by atoms with van der Waals surface area (Å²) in [5, 5.41) is 20.8. The highest BCUT2D eigenvalue weighted by molar-refractivity contribution is 5.61. The van der Waals surface area contributed by atoms with Crippen molar-refractivity contribution in [1.29, 1.82) is 0 Å². The Hall–Kier alpha value is -1.78. The van der Waals surface area contributed by atoms with E-state index < -0.39 is 6.10 Å². The van der Waals surface area contributed by atoms with E-state index in [0.717, 1.165) is 31.5 Å². The van der Waals surface area contributed by atoms with Crippen LogP contribution in [0, 0.1) is 5.92 Å². The van der Waals surface area contributed by atoms with E-state index in [-0.39, 0.29) is 17.3 Å². The van der Waals surface area contributed by atoms with Gasteiger partial charge in [0, 0.05) is 29.5 Å². The zero-order chi connectivity index (χ0) is 15.8. The standard InChI is InChI=1S/C19H21NO3/c1-2-8-20-9-7-19-12-4-6-15(22)18(19)23-17-14(21)5-3-11(16(17)19)10-13(12)20/h2-6,12-13,15,18,21-22H,1,7-10H2/t12?,13?,15-,18?,19-/m1/s1. The molecule has 5 atom stereocenters. The molecule has 2 heterocycles. The maximum atomic E-state index is 10.5. The predicted molar refractivity (Wildman–Crippen MR) is 86.7 cm³/mol. The summed E-state index contributed by atoms with van der Waals surface area (Å²) in [6.07, 6.45) is 7.04. The number of hydrogen-bond donors (Lipinski definition) is 2. The van der Waals surface area contributed by atoms with Crippen LogP contribution in [0.15, 0.2) is 36.9 Å². The zero-order valence-electron chi connectivity index (χ0n) is 13.0. The number of rotatable bonds is 2. The third-order valence-electron chi connectivity index (χ3n) is 6.35. The van der Waals surface area contributed by atoms with Crippen LogP contribution >= 0.6 is 0 Å². The Kier molecular flexibility index (Phi) is 2.61. The van der Waals surface area contributed by atoms with E-state index in [1.54, 1.807) is 6.07 Å². The van der Waals surface area contributed by atoms with E-state index in [0.29, 0.717) is 17.7 Å². The number of nitrogens with zero attached hydrogens (tertiary/aromatic N) is 1. The molecule has 1 saturated heterocycles. The van der Waals surface area contributed by atoms with E-state index in [9.17, 15) is 10.2 Å². The Labute approximate surface area is 135 Å². The molecular weight excluding hydrogens is 290 g/mol. The topological polar surface area (TPSA) is 52.9 Å². The Balaban J connectivity index is 1.76. The van der Waals surface area contributed by atoms with Gasteiger partial charge < -0.3 is 14.9 Å². The second kappa shape index (κ2) is 4.40. The minimum atomic E-state index is -0.615.